The van der Waals surface area contributed by atoms with Gasteiger partial charge in [-0.1, -0.05) is 53.9 Å². The van der Waals surface area contributed by atoms with Crippen molar-refractivity contribution in [2.75, 3.05) is 18.8 Å². The van der Waals surface area contributed by atoms with Gasteiger partial charge in [-0.25, -0.2) is 4.79 Å². The van der Waals surface area contributed by atoms with Crippen molar-refractivity contribution in [1.29, 1.82) is 0 Å². The lowest BCUT2D eigenvalue weighted by Gasteiger charge is -2.41. The first-order valence-corrected chi connectivity index (χ1v) is 18.4. The van der Waals surface area contributed by atoms with Gasteiger partial charge in [0, 0.05) is 19.5 Å². The van der Waals surface area contributed by atoms with Crippen molar-refractivity contribution < 1.29 is 28.5 Å². The molecule has 4 N–H and O–H groups in total. The van der Waals surface area contributed by atoms with Crippen molar-refractivity contribution in [3.05, 3.63) is 0 Å². The monoisotopic (exact) mass is 675 g/mol. The molecule has 2 unspecified atom stereocenters. The van der Waals surface area contributed by atoms with Crippen molar-refractivity contribution >= 4 is 40.7 Å². The zero-order valence-corrected chi connectivity index (χ0v) is 30.7. The van der Waals surface area contributed by atoms with Gasteiger partial charge in [0.2, 0.25) is 17.6 Å². The Morgan fingerprint density at radius 3 is 2.17 bits per heavy atom. The summed E-state index contributed by atoms with van der Waals surface area (Å²) in [5.74, 6) is 0.227. The molecule has 3 fully saturated rings. The van der Waals surface area contributed by atoms with Gasteiger partial charge in [0.05, 0.1) is 11.6 Å². The fourth-order valence-corrected chi connectivity index (χ4v) is 8.49. The van der Waals surface area contributed by atoms with Crippen molar-refractivity contribution in [3.8, 4) is 12.3 Å². The first kappa shape index (κ1) is 38.7. The maximum atomic E-state index is 14.4. The largest absolute Gasteiger partial charge is 0.616 e. The number of Topliss-reactive ketones (excluding diaryl/α,β-unsaturated/α-hetero) is 1. The smallest absolute Gasteiger partial charge is 0.316 e. The van der Waals surface area contributed by atoms with E-state index in [4.69, 9.17) is 6.42 Å². The molecule has 1 aliphatic heterocycles. The van der Waals surface area contributed by atoms with Crippen molar-refractivity contribution in [2.45, 2.75) is 136 Å². The molecule has 11 nitrogen and oxygen atoms in total. The summed E-state index contributed by atoms with van der Waals surface area (Å²) in [7, 11) is 0. The van der Waals surface area contributed by atoms with E-state index in [1.807, 2.05) is 41.5 Å². The van der Waals surface area contributed by atoms with Gasteiger partial charge in [0.15, 0.2) is 0 Å². The van der Waals surface area contributed by atoms with Crippen LogP contribution in [0.15, 0.2) is 0 Å². The zero-order valence-electron chi connectivity index (χ0n) is 29.8. The van der Waals surface area contributed by atoms with Gasteiger partial charge in [0.1, 0.15) is 22.6 Å². The number of carbonyl (C=O) groups is 5. The molecule has 0 aromatic heterocycles. The summed E-state index contributed by atoms with van der Waals surface area (Å²) in [5.41, 5.74) is -1.55. The molecule has 3 rings (SSSR count). The number of likely N-dealkylation sites (N-methyl/N-ethyl adjacent to an activating group) is 1. The second kappa shape index (κ2) is 14.8. The van der Waals surface area contributed by atoms with Crippen LogP contribution in [0.3, 0.4) is 0 Å². The summed E-state index contributed by atoms with van der Waals surface area (Å²) >= 11 is -1.19. The highest BCUT2D eigenvalue weighted by Gasteiger charge is 2.70. The SMILES string of the molecule is C#CCCC(NC(=O)[C@@H]1[C@@H]2[C@H](CN1C(=O)[C@@H](NC(=O)NC1(C[S+]([O-])C(C)(C)C)CCCCC1)C(C)(C)C)C2(C)C)C(=O)C(=O)NCC. The lowest BCUT2D eigenvalue weighted by Crippen LogP contribution is -2.64. The predicted octanol–water partition coefficient (Wildman–Crippen LogP) is 3.04. The van der Waals surface area contributed by atoms with Gasteiger partial charge in [-0.3, -0.25) is 19.2 Å². The minimum atomic E-state index is -1.19. The summed E-state index contributed by atoms with van der Waals surface area (Å²) in [6.07, 6.45) is 9.99. The van der Waals surface area contributed by atoms with Crippen molar-refractivity contribution in [2.24, 2.45) is 22.7 Å². The van der Waals surface area contributed by atoms with Gasteiger partial charge in [-0.15, -0.1) is 12.3 Å². The highest BCUT2D eigenvalue weighted by Crippen LogP contribution is 2.65. The van der Waals surface area contributed by atoms with Crippen LogP contribution in [0.4, 0.5) is 4.79 Å². The van der Waals surface area contributed by atoms with Crippen LogP contribution in [-0.4, -0.2) is 86.2 Å². The number of likely N-dealkylation sites (tertiary alicyclic amines) is 1. The third kappa shape index (κ3) is 9.02. The van der Waals surface area contributed by atoms with Gasteiger partial charge < -0.3 is 30.7 Å². The van der Waals surface area contributed by atoms with Crippen molar-refractivity contribution in [3.63, 3.8) is 0 Å². The molecule has 0 radical (unpaired) electrons. The number of nitrogens with zero attached hydrogens (tertiary/aromatic N) is 1. The Balaban J connectivity index is 1.84. The average molecular weight is 676 g/mol. The molecule has 0 aromatic rings. The molecule has 2 aliphatic carbocycles. The van der Waals surface area contributed by atoms with Crippen LogP contribution in [0.25, 0.3) is 0 Å². The molecule has 5 amide bonds. The van der Waals surface area contributed by atoms with E-state index in [1.54, 1.807) is 6.92 Å². The molecule has 1 heterocycles. The number of hydrogen-bond donors (Lipinski definition) is 4. The highest BCUT2D eigenvalue weighted by molar-refractivity contribution is 7.92. The third-order valence-corrected chi connectivity index (χ3v) is 12.4. The van der Waals surface area contributed by atoms with Crippen LogP contribution in [-0.2, 0) is 30.4 Å². The van der Waals surface area contributed by atoms with Crippen LogP contribution >= 0.6 is 0 Å². The molecular formula is C35H57N5O6S. The first-order valence-electron chi connectivity index (χ1n) is 17.0. The fourth-order valence-electron chi connectivity index (χ4n) is 7.20. The number of rotatable bonds is 12. The standard InChI is InChI=1S/C35H57N5O6S/c1-11-13-17-23(26(41)29(43)36-12-2)37-28(42)25-24-22(34(24,9)10)20-40(25)30(44)27(32(3,4)5)38-31(45)39-35(18-15-14-16-19-35)21-47(46)33(6,7)8/h1,22-25,27H,12-21H2,2-10H3,(H,36,43)(H,37,42)(H2,38,39,45)/t22-,23?,24-,25-,27+,47?/m0/s1. The topological polar surface area (TPSA) is 160 Å². The molecule has 2 saturated carbocycles. The number of hydrogen-bond acceptors (Lipinski definition) is 6. The first-order chi connectivity index (χ1) is 21.7. The second-order valence-electron chi connectivity index (χ2n) is 16.3. The lowest BCUT2D eigenvalue weighted by molar-refractivity contribution is -0.145. The van der Waals surface area contributed by atoms with E-state index >= 15 is 0 Å². The maximum absolute atomic E-state index is 14.4. The van der Waals surface area contributed by atoms with Crippen molar-refractivity contribution in [1.82, 2.24) is 26.2 Å². The Morgan fingerprint density at radius 1 is 1.02 bits per heavy atom. The van der Waals surface area contributed by atoms with Crippen LogP contribution < -0.4 is 21.3 Å². The Kier molecular flexibility index (Phi) is 12.2. The predicted molar refractivity (Wildman–Crippen MR) is 183 cm³/mol. The Bertz CT molecular complexity index is 1240. The molecule has 12 heteroatoms. The van der Waals surface area contributed by atoms with Gasteiger partial charge in [-0.05, 0) is 80.8 Å². The molecule has 0 bridgehead atoms. The van der Waals surface area contributed by atoms with Gasteiger partial charge in [-0.2, -0.15) is 0 Å². The van der Waals surface area contributed by atoms with E-state index < -0.39 is 68.6 Å². The van der Waals surface area contributed by atoms with E-state index in [9.17, 15) is 28.5 Å². The number of carbonyl (C=O) groups excluding carboxylic acids is 5. The van der Waals surface area contributed by atoms with Gasteiger partial charge >= 0.3 is 6.03 Å². The van der Waals surface area contributed by atoms with E-state index in [1.165, 1.54) is 4.90 Å². The summed E-state index contributed by atoms with van der Waals surface area (Å²) in [5, 5.41) is 11.3. The Morgan fingerprint density at radius 2 is 1.64 bits per heavy atom. The summed E-state index contributed by atoms with van der Waals surface area (Å²) in [4.78, 5) is 68.9. The van der Waals surface area contributed by atoms with Crippen LogP contribution in [0.2, 0.25) is 0 Å². The van der Waals surface area contributed by atoms with E-state index in [-0.39, 0.29) is 42.5 Å². The molecule has 3 aliphatic rings. The number of nitrogens with one attached hydrogen (secondary N) is 4. The zero-order chi connectivity index (χ0) is 35.5. The van der Waals surface area contributed by atoms with Crippen LogP contribution in [0.1, 0.15) is 107 Å². The molecule has 47 heavy (non-hydrogen) atoms. The minimum absolute atomic E-state index is 0.0674. The normalized spacial score (nSPS) is 24.9. The molecule has 6 atom stereocenters. The number of urea groups is 1. The van der Waals surface area contributed by atoms with Crippen LogP contribution in [0.5, 0.6) is 0 Å². The number of fused-ring (bicyclic) bond motifs is 1. The number of piperidine rings is 1. The molecular weight excluding hydrogens is 618 g/mol. The minimum Gasteiger partial charge on any atom is -0.616 e. The van der Waals surface area contributed by atoms with Gasteiger partial charge in [0.25, 0.3) is 5.91 Å². The highest BCUT2D eigenvalue weighted by atomic mass is 32.2. The quantitative estimate of drug-likeness (QED) is 0.141. The Hall–Kier alpha value is -2.78. The summed E-state index contributed by atoms with van der Waals surface area (Å²) in [6, 6.07) is -3.48. The number of terminal acetylenes is 1. The van der Waals surface area contributed by atoms with E-state index in [0.717, 1.165) is 19.3 Å². The lowest BCUT2D eigenvalue weighted by atomic mass is 9.83. The van der Waals surface area contributed by atoms with E-state index in [0.29, 0.717) is 25.1 Å². The molecule has 1 saturated heterocycles. The summed E-state index contributed by atoms with van der Waals surface area (Å²) < 4.78 is 12.8. The number of ketones is 1. The summed E-state index contributed by atoms with van der Waals surface area (Å²) in [6.45, 7) is 17.7. The van der Waals surface area contributed by atoms with E-state index in [2.05, 4.69) is 41.0 Å². The third-order valence-electron chi connectivity index (χ3n) is 10.2. The molecule has 264 valence electrons. The number of amides is 5. The average Bonchev–Trinajstić information content (AvgIpc) is 3.27. The molecule has 0 spiro atoms. The maximum Gasteiger partial charge on any atom is 0.316 e. The second-order valence-corrected chi connectivity index (χ2v) is 18.5. The van der Waals surface area contributed by atoms with Crippen LogP contribution in [0, 0.1) is 35.0 Å². The Labute approximate surface area is 284 Å². The fraction of sp³-hybridized carbons (Fsp3) is 0.800. The molecule has 0 aromatic carbocycles.